The van der Waals surface area contributed by atoms with Gasteiger partial charge in [-0.15, -0.1) is 10.2 Å². The highest BCUT2D eigenvalue weighted by atomic mass is 16.1. The van der Waals surface area contributed by atoms with Crippen LogP contribution in [-0.2, 0) is 13.0 Å². The third kappa shape index (κ3) is 2.21. The zero-order valence-corrected chi connectivity index (χ0v) is 12.0. The third-order valence-electron chi connectivity index (χ3n) is 3.60. The molecule has 0 aliphatic carbocycles. The maximum Gasteiger partial charge on any atom is 0.286 e. The fraction of sp³-hybridized carbons (Fsp3) is 0.538. The van der Waals surface area contributed by atoms with Crippen molar-refractivity contribution >= 4 is 16.9 Å². The first kappa shape index (κ1) is 13.7. The Balaban J connectivity index is 2.23. The van der Waals surface area contributed by atoms with Crippen LogP contribution in [0.2, 0.25) is 0 Å². The van der Waals surface area contributed by atoms with Crippen molar-refractivity contribution in [3.63, 3.8) is 0 Å². The molecule has 0 saturated heterocycles. The molecule has 0 saturated carbocycles. The van der Waals surface area contributed by atoms with Gasteiger partial charge in [-0.25, -0.2) is 9.38 Å². The lowest BCUT2D eigenvalue weighted by atomic mass is 10.2. The molecule has 0 spiro atoms. The van der Waals surface area contributed by atoms with E-state index in [1.807, 2.05) is 4.57 Å². The smallest absolute Gasteiger partial charge is 0.286 e. The van der Waals surface area contributed by atoms with E-state index in [-0.39, 0.29) is 5.56 Å². The van der Waals surface area contributed by atoms with Crippen LogP contribution < -0.4 is 11.3 Å². The van der Waals surface area contributed by atoms with E-state index in [2.05, 4.69) is 27.1 Å². The molecule has 3 aromatic heterocycles. The van der Waals surface area contributed by atoms with E-state index < -0.39 is 0 Å². The van der Waals surface area contributed by atoms with Crippen LogP contribution in [0.15, 0.2) is 11.1 Å². The molecule has 0 aromatic carbocycles. The first-order valence-electron chi connectivity index (χ1n) is 7.27. The van der Waals surface area contributed by atoms with Gasteiger partial charge in [-0.3, -0.25) is 9.36 Å². The van der Waals surface area contributed by atoms with E-state index in [1.165, 1.54) is 6.33 Å². The molecule has 8 nitrogen and oxygen atoms in total. The molecule has 0 radical (unpaired) electrons. The van der Waals surface area contributed by atoms with Gasteiger partial charge in [0.25, 0.3) is 5.56 Å². The van der Waals surface area contributed by atoms with Crippen LogP contribution in [-0.4, -0.2) is 35.7 Å². The Labute approximate surface area is 121 Å². The summed E-state index contributed by atoms with van der Waals surface area (Å²) < 4.78 is 3.50. The summed E-state index contributed by atoms with van der Waals surface area (Å²) in [5.41, 5.74) is 6.53. The zero-order chi connectivity index (χ0) is 14.8. The van der Waals surface area contributed by atoms with Crippen molar-refractivity contribution in [3.05, 3.63) is 22.5 Å². The largest absolute Gasteiger partial charge is 0.339 e. The molecular formula is C13H19N7O. The predicted octanol–water partition coefficient (Wildman–Crippen LogP) is 0.459. The summed E-state index contributed by atoms with van der Waals surface area (Å²) in [4.78, 5) is 19.7. The van der Waals surface area contributed by atoms with Crippen LogP contribution in [0.1, 0.15) is 32.0 Å². The molecule has 0 aliphatic rings. The van der Waals surface area contributed by atoms with Gasteiger partial charge in [-0.1, -0.05) is 19.8 Å². The number of imidazole rings is 1. The number of unbranched alkanes of at least 4 members (excludes halogenated alkanes) is 2. The minimum atomic E-state index is -0.169. The second-order valence-electron chi connectivity index (χ2n) is 5.06. The number of H-pyrrole nitrogens is 1. The lowest BCUT2D eigenvalue weighted by Gasteiger charge is -2.09. The van der Waals surface area contributed by atoms with Crippen molar-refractivity contribution in [1.29, 1.82) is 0 Å². The lowest BCUT2D eigenvalue weighted by Crippen LogP contribution is -2.22. The number of rotatable bonds is 6. The van der Waals surface area contributed by atoms with E-state index in [4.69, 9.17) is 5.73 Å². The van der Waals surface area contributed by atoms with Crippen molar-refractivity contribution < 1.29 is 0 Å². The van der Waals surface area contributed by atoms with E-state index in [0.29, 0.717) is 35.7 Å². The maximum atomic E-state index is 12.5. The van der Waals surface area contributed by atoms with Crippen LogP contribution in [0.5, 0.6) is 0 Å². The topological polar surface area (TPSA) is 107 Å². The molecule has 3 rings (SSSR count). The number of aromatic nitrogens is 6. The van der Waals surface area contributed by atoms with Gasteiger partial charge < -0.3 is 10.7 Å². The molecule has 112 valence electrons. The van der Waals surface area contributed by atoms with Crippen molar-refractivity contribution in [2.75, 3.05) is 6.54 Å². The first-order chi connectivity index (χ1) is 10.3. The van der Waals surface area contributed by atoms with Crippen molar-refractivity contribution in [1.82, 2.24) is 29.1 Å². The molecule has 0 unspecified atom stereocenters. The Hall–Kier alpha value is -2.22. The van der Waals surface area contributed by atoms with Gasteiger partial charge in [-0.05, 0) is 13.0 Å². The molecule has 8 heteroatoms. The highest BCUT2D eigenvalue weighted by molar-refractivity contribution is 5.72. The van der Waals surface area contributed by atoms with Crippen LogP contribution in [0, 0.1) is 0 Å². The summed E-state index contributed by atoms with van der Waals surface area (Å²) in [5.74, 6) is 1.14. The van der Waals surface area contributed by atoms with Gasteiger partial charge >= 0.3 is 0 Å². The van der Waals surface area contributed by atoms with Gasteiger partial charge in [0.2, 0.25) is 5.78 Å². The molecule has 0 bridgehead atoms. The molecular weight excluding hydrogens is 270 g/mol. The van der Waals surface area contributed by atoms with E-state index in [0.717, 1.165) is 25.8 Å². The van der Waals surface area contributed by atoms with Crippen molar-refractivity contribution in [2.45, 2.75) is 39.2 Å². The Kier molecular flexibility index (Phi) is 3.70. The summed E-state index contributed by atoms with van der Waals surface area (Å²) in [6.45, 7) is 3.35. The third-order valence-corrected chi connectivity index (χ3v) is 3.60. The molecule has 21 heavy (non-hydrogen) atoms. The van der Waals surface area contributed by atoms with E-state index in [9.17, 15) is 4.79 Å². The van der Waals surface area contributed by atoms with Gasteiger partial charge in [0.05, 0.1) is 6.33 Å². The summed E-state index contributed by atoms with van der Waals surface area (Å²) in [7, 11) is 0. The molecule has 0 amide bonds. The molecule has 0 fully saturated rings. The number of aryl methyl sites for hydroxylation is 1. The minimum absolute atomic E-state index is 0.169. The summed E-state index contributed by atoms with van der Waals surface area (Å²) >= 11 is 0. The number of nitrogens with zero attached hydrogens (tertiary/aromatic N) is 5. The SMILES string of the molecule is CCCCCn1c2nc[nH]c2c(=O)n2c(CCN)nnc12. The number of fused-ring (bicyclic) bond motifs is 2. The van der Waals surface area contributed by atoms with Crippen LogP contribution in [0.3, 0.4) is 0 Å². The molecule has 3 N–H and O–H groups in total. The molecule has 0 atom stereocenters. The highest BCUT2D eigenvalue weighted by Crippen LogP contribution is 2.12. The monoisotopic (exact) mass is 289 g/mol. The van der Waals surface area contributed by atoms with Crippen LogP contribution in [0.4, 0.5) is 0 Å². The Bertz CT molecular complexity index is 813. The predicted molar refractivity (Wildman–Crippen MR) is 79.2 cm³/mol. The van der Waals surface area contributed by atoms with E-state index in [1.54, 1.807) is 4.40 Å². The standard InChI is InChI=1S/C13H19N7O/c1-2-3-4-7-19-11-10(15-8-16-11)12(21)20-9(5-6-14)17-18-13(19)20/h8H,2-7,14H2,1H3,(H,15,16). The second-order valence-corrected chi connectivity index (χ2v) is 5.06. The molecule has 3 aromatic rings. The zero-order valence-electron chi connectivity index (χ0n) is 12.0. The Morgan fingerprint density at radius 1 is 1.33 bits per heavy atom. The summed E-state index contributed by atoms with van der Waals surface area (Å²) in [5, 5.41) is 8.28. The number of nitrogens with two attached hydrogens (primary N) is 1. The quantitative estimate of drug-likeness (QED) is 0.641. The van der Waals surface area contributed by atoms with Crippen LogP contribution in [0.25, 0.3) is 16.9 Å². The van der Waals surface area contributed by atoms with Crippen LogP contribution >= 0.6 is 0 Å². The summed E-state index contributed by atoms with van der Waals surface area (Å²) in [6, 6.07) is 0. The number of aromatic amines is 1. The number of hydrogen-bond donors (Lipinski definition) is 2. The van der Waals surface area contributed by atoms with Gasteiger partial charge in [0.1, 0.15) is 11.3 Å². The fourth-order valence-corrected chi connectivity index (χ4v) is 2.56. The van der Waals surface area contributed by atoms with E-state index >= 15 is 0 Å². The molecule has 3 heterocycles. The van der Waals surface area contributed by atoms with Gasteiger partial charge in [0, 0.05) is 13.0 Å². The average molecular weight is 289 g/mol. The number of nitrogens with one attached hydrogen (secondary N) is 1. The lowest BCUT2D eigenvalue weighted by molar-refractivity contribution is 0.612. The highest BCUT2D eigenvalue weighted by Gasteiger charge is 2.17. The average Bonchev–Trinajstić information content (AvgIpc) is 3.10. The number of hydrogen-bond acceptors (Lipinski definition) is 5. The first-order valence-corrected chi connectivity index (χ1v) is 7.27. The second kappa shape index (κ2) is 5.65. The molecule has 0 aliphatic heterocycles. The minimum Gasteiger partial charge on any atom is -0.339 e. The van der Waals surface area contributed by atoms with Gasteiger partial charge in [0.15, 0.2) is 5.65 Å². The van der Waals surface area contributed by atoms with Crippen molar-refractivity contribution in [3.8, 4) is 0 Å². The summed E-state index contributed by atoms with van der Waals surface area (Å²) in [6.07, 6.45) is 5.32. The van der Waals surface area contributed by atoms with Crippen molar-refractivity contribution in [2.24, 2.45) is 5.73 Å². The Morgan fingerprint density at radius 3 is 2.95 bits per heavy atom. The normalized spacial score (nSPS) is 11.7. The van der Waals surface area contributed by atoms with Gasteiger partial charge in [-0.2, -0.15) is 0 Å². The fourth-order valence-electron chi connectivity index (χ4n) is 2.56. The maximum absolute atomic E-state index is 12.5. The Morgan fingerprint density at radius 2 is 2.19 bits per heavy atom.